The van der Waals surface area contributed by atoms with Crippen molar-refractivity contribution in [1.29, 1.82) is 0 Å². The average molecular weight is 513 g/mol. The van der Waals surface area contributed by atoms with Gasteiger partial charge in [-0.25, -0.2) is 0 Å². The van der Waals surface area contributed by atoms with E-state index in [1.807, 2.05) is 48.5 Å². The van der Waals surface area contributed by atoms with Gasteiger partial charge in [0.15, 0.2) is 0 Å². The Morgan fingerprint density at radius 3 is 2.69 bits per heavy atom. The summed E-state index contributed by atoms with van der Waals surface area (Å²) < 4.78 is 7.45. The second-order valence-corrected chi connectivity index (χ2v) is 9.28. The molecule has 32 heavy (non-hydrogen) atoms. The first kappa shape index (κ1) is 22.4. The number of rotatable bonds is 7. The Kier molecular flexibility index (Phi) is 6.81. The Morgan fingerprint density at radius 2 is 1.94 bits per heavy atom. The van der Waals surface area contributed by atoms with Crippen molar-refractivity contribution in [2.24, 2.45) is 0 Å². The average Bonchev–Trinajstić information content (AvgIpc) is 3.25. The lowest BCUT2D eigenvalue weighted by Crippen LogP contribution is -2.29. The number of halogens is 1. The highest BCUT2D eigenvalue weighted by molar-refractivity contribution is 9.10. The molecule has 0 aliphatic carbocycles. The number of carbonyl (C=O) groups is 3. The molecule has 2 amide bonds. The number of hydrogen-bond donors (Lipinski definition) is 0. The summed E-state index contributed by atoms with van der Waals surface area (Å²) in [6, 6.07) is 15.7. The van der Waals surface area contributed by atoms with E-state index in [0.717, 1.165) is 39.1 Å². The van der Waals surface area contributed by atoms with Crippen LogP contribution < -0.4 is 0 Å². The van der Waals surface area contributed by atoms with Crippen LogP contribution in [0.5, 0.6) is 0 Å². The number of imide groups is 1. The second-order valence-electron chi connectivity index (χ2n) is 7.37. The van der Waals surface area contributed by atoms with Crippen molar-refractivity contribution in [2.75, 3.05) is 13.7 Å². The lowest BCUT2D eigenvalue weighted by Gasteiger charge is -2.12. The minimum Gasteiger partial charge on any atom is -0.468 e. The van der Waals surface area contributed by atoms with Gasteiger partial charge in [-0.2, -0.15) is 0 Å². The van der Waals surface area contributed by atoms with Gasteiger partial charge in [0.25, 0.3) is 11.1 Å². The number of ether oxygens (including phenoxy) is 1. The SMILES string of the molecule is COC(=O)Cn1cc(/C=C2\SC(=O)N(CCCc3ccccc3)C2=O)c2cc(Br)ccc21. The minimum atomic E-state index is -0.366. The van der Waals surface area contributed by atoms with Crippen molar-refractivity contribution in [3.63, 3.8) is 0 Å². The predicted molar refractivity (Wildman–Crippen MR) is 129 cm³/mol. The summed E-state index contributed by atoms with van der Waals surface area (Å²) >= 11 is 4.42. The number of benzene rings is 2. The molecule has 0 spiro atoms. The van der Waals surface area contributed by atoms with Gasteiger partial charge < -0.3 is 9.30 Å². The number of aryl methyl sites for hydroxylation is 1. The zero-order valence-electron chi connectivity index (χ0n) is 17.4. The molecule has 1 aliphatic heterocycles. The van der Waals surface area contributed by atoms with Crippen molar-refractivity contribution >= 4 is 61.8 Å². The van der Waals surface area contributed by atoms with E-state index in [0.29, 0.717) is 17.9 Å². The number of aromatic nitrogens is 1. The molecule has 1 aromatic heterocycles. The van der Waals surface area contributed by atoms with Gasteiger partial charge >= 0.3 is 5.97 Å². The number of methoxy groups -OCH3 is 1. The van der Waals surface area contributed by atoms with E-state index in [-0.39, 0.29) is 23.7 Å². The lowest BCUT2D eigenvalue weighted by molar-refractivity contribution is -0.141. The molecule has 2 aromatic carbocycles. The summed E-state index contributed by atoms with van der Waals surface area (Å²) in [7, 11) is 1.35. The lowest BCUT2D eigenvalue weighted by atomic mass is 10.1. The molecule has 8 heteroatoms. The Labute approximate surface area is 198 Å². The molecule has 6 nitrogen and oxygen atoms in total. The first-order chi connectivity index (χ1) is 15.5. The van der Waals surface area contributed by atoms with E-state index >= 15 is 0 Å². The number of hydrogen-bond acceptors (Lipinski definition) is 5. The Balaban J connectivity index is 1.55. The molecule has 2 heterocycles. The van der Waals surface area contributed by atoms with E-state index < -0.39 is 0 Å². The molecule has 0 radical (unpaired) electrons. The number of amides is 2. The van der Waals surface area contributed by atoms with Crippen LogP contribution in [0.3, 0.4) is 0 Å². The molecular weight excluding hydrogens is 492 g/mol. The minimum absolute atomic E-state index is 0.0590. The zero-order chi connectivity index (χ0) is 22.7. The highest BCUT2D eigenvalue weighted by atomic mass is 79.9. The molecular formula is C24H21BrN2O4S. The fourth-order valence-corrected chi connectivity index (χ4v) is 4.88. The Bertz CT molecular complexity index is 1220. The smallest absolute Gasteiger partial charge is 0.325 e. The van der Waals surface area contributed by atoms with E-state index in [1.165, 1.54) is 17.6 Å². The van der Waals surface area contributed by atoms with Crippen LogP contribution in [0.4, 0.5) is 4.79 Å². The number of thioether (sulfide) groups is 1. The third-order valence-electron chi connectivity index (χ3n) is 5.25. The third kappa shape index (κ3) is 4.81. The normalized spacial score (nSPS) is 15.2. The summed E-state index contributed by atoms with van der Waals surface area (Å²) in [5.74, 6) is -0.646. The quantitative estimate of drug-likeness (QED) is 0.319. The van der Waals surface area contributed by atoms with Crippen LogP contribution in [-0.4, -0.2) is 40.2 Å². The fourth-order valence-electron chi connectivity index (χ4n) is 3.67. The van der Waals surface area contributed by atoms with E-state index in [1.54, 1.807) is 16.8 Å². The summed E-state index contributed by atoms with van der Waals surface area (Å²) in [5, 5.41) is 0.618. The maximum absolute atomic E-state index is 12.9. The first-order valence-corrected chi connectivity index (χ1v) is 11.7. The van der Waals surface area contributed by atoms with Gasteiger partial charge in [0.05, 0.1) is 12.0 Å². The van der Waals surface area contributed by atoms with Crippen LogP contribution in [0, 0.1) is 0 Å². The van der Waals surface area contributed by atoms with Gasteiger partial charge in [0, 0.05) is 33.7 Å². The molecule has 164 valence electrons. The molecule has 1 fully saturated rings. The van der Waals surface area contributed by atoms with Gasteiger partial charge in [-0.15, -0.1) is 0 Å². The van der Waals surface area contributed by atoms with E-state index in [9.17, 15) is 14.4 Å². The number of fused-ring (bicyclic) bond motifs is 1. The van der Waals surface area contributed by atoms with E-state index in [4.69, 9.17) is 4.74 Å². The molecule has 0 bridgehead atoms. The van der Waals surface area contributed by atoms with Gasteiger partial charge in [0.1, 0.15) is 6.54 Å². The first-order valence-electron chi connectivity index (χ1n) is 10.1. The highest BCUT2D eigenvalue weighted by Gasteiger charge is 2.34. The summed E-state index contributed by atoms with van der Waals surface area (Å²) in [5.41, 5.74) is 2.78. The van der Waals surface area contributed by atoms with E-state index in [2.05, 4.69) is 15.9 Å². The highest BCUT2D eigenvalue weighted by Crippen LogP contribution is 2.35. The van der Waals surface area contributed by atoms with Crippen LogP contribution >= 0.6 is 27.7 Å². The standard InChI is InChI=1S/C24H21BrN2O4S/c1-31-22(28)15-26-14-17(19-13-18(25)9-10-20(19)26)12-21-23(29)27(24(30)32-21)11-5-8-16-6-3-2-4-7-16/h2-4,6-7,9-10,12-14H,5,8,11,15H2,1H3/b21-12-. The molecule has 3 aromatic rings. The monoisotopic (exact) mass is 512 g/mol. The van der Waals surface area contributed by atoms with Gasteiger partial charge in [0.2, 0.25) is 0 Å². The molecule has 4 rings (SSSR count). The van der Waals surface area contributed by atoms with Crippen LogP contribution in [-0.2, 0) is 27.3 Å². The van der Waals surface area contributed by atoms with Gasteiger partial charge in [-0.3, -0.25) is 19.3 Å². The Morgan fingerprint density at radius 1 is 1.16 bits per heavy atom. The van der Waals surface area contributed by atoms with Crippen LogP contribution in [0.15, 0.2) is 64.1 Å². The van der Waals surface area contributed by atoms with Crippen LogP contribution in [0.1, 0.15) is 17.5 Å². The summed E-state index contributed by atoms with van der Waals surface area (Å²) in [6.45, 7) is 0.440. The van der Waals surface area contributed by atoms with Crippen LogP contribution in [0.2, 0.25) is 0 Å². The van der Waals surface area contributed by atoms with Crippen LogP contribution in [0.25, 0.3) is 17.0 Å². The number of carbonyl (C=O) groups excluding carboxylic acids is 3. The second kappa shape index (κ2) is 9.75. The van der Waals surface area contributed by atoms with Crippen molar-refractivity contribution in [1.82, 2.24) is 9.47 Å². The third-order valence-corrected chi connectivity index (χ3v) is 6.65. The maximum atomic E-state index is 12.9. The van der Waals surface area contributed by atoms with Gasteiger partial charge in [-0.1, -0.05) is 46.3 Å². The van der Waals surface area contributed by atoms with Crippen molar-refractivity contribution in [3.8, 4) is 0 Å². The number of nitrogens with zero attached hydrogens (tertiary/aromatic N) is 2. The topological polar surface area (TPSA) is 68.6 Å². The molecule has 0 atom stereocenters. The maximum Gasteiger partial charge on any atom is 0.325 e. The molecule has 0 unspecified atom stereocenters. The fraction of sp³-hybridized carbons (Fsp3) is 0.208. The number of esters is 1. The van der Waals surface area contributed by atoms with Crippen molar-refractivity contribution in [2.45, 2.75) is 19.4 Å². The van der Waals surface area contributed by atoms with Gasteiger partial charge in [-0.05, 0) is 54.4 Å². The van der Waals surface area contributed by atoms with Crippen molar-refractivity contribution in [3.05, 3.63) is 75.2 Å². The molecule has 0 saturated carbocycles. The largest absolute Gasteiger partial charge is 0.468 e. The predicted octanol–water partition coefficient (Wildman–Crippen LogP) is 5.25. The zero-order valence-corrected chi connectivity index (χ0v) is 19.8. The van der Waals surface area contributed by atoms with Crippen molar-refractivity contribution < 1.29 is 19.1 Å². The molecule has 1 aliphatic rings. The molecule has 0 N–H and O–H groups in total. The summed E-state index contributed by atoms with van der Waals surface area (Å²) in [4.78, 5) is 38.9. The summed E-state index contributed by atoms with van der Waals surface area (Å²) in [6.07, 6.45) is 5.04. The Hall–Kier alpha value is -2.84. The molecule has 1 saturated heterocycles.